The predicted molar refractivity (Wildman–Crippen MR) is 172 cm³/mol. The molecule has 45 heavy (non-hydrogen) atoms. The molecule has 232 valence electrons. The smallest absolute Gasteiger partial charge is 0.240 e. The van der Waals surface area contributed by atoms with Gasteiger partial charge in [-0.05, 0) is 34.4 Å². The van der Waals surface area contributed by atoms with Gasteiger partial charge in [0, 0.05) is 18.0 Å². The number of nitrogens with one attached hydrogen (secondary N) is 1. The van der Waals surface area contributed by atoms with Crippen LogP contribution in [0.4, 0.5) is 0 Å². The molecule has 5 aromatic rings. The summed E-state index contributed by atoms with van der Waals surface area (Å²) in [5.74, 6) is -0.230. The molecule has 1 aliphatic rings. The molecule has 4 atom stereocenters. The Balaban J connectivity index is 1.30. The molecule has 1 aliphatic heterocycles. The molecule has 6 rings (SSSR count). The van der Waals surface area contributed by atoms with Crippen molar-refractivity contribution in [3.8, 4) is 0 Å². The number of rotatable bonds is 10. The molecule has 0 saturated carbocycles. The van der Waals surface area contributed by atoms with Crippen LogP contribution in [-0.2, 0) is 39.2 Å². The van der Waals surface area contributed by atoms with E-state index in [4.69, 9.17) is 32.7 Å². The fraction of sp³-hybridized carbons (Fsp3) is 0.206. The van der Waals surface area contributed by atoms with E-state index in [9.17, 15) is 13.5 Å². The third-order valence-corrected chi connectivity index (χ3v) is 10.0. The number of aliphatic hydroxyl groups excluding tert-OH is 1. The molecule has 4 unspecified atom stereocenters. The number of hydrogen-bond donors (Lipinski definition) is 2. The number of hydrogen-bond acceptors (Lipinski definition) is 6. The number of sulfonamides is 1. The number of nitrogens with zero attached hydrogens (tertiary/aromatic N) is 2. The van der Waals surface area contributed by atoms with Crippen LogP contribution < -0.4 is 4.72 Å². The third kappa shape index (κ3) is 7.15. The van der Waals surface area contributed by atoms with Crippen LogP contribution in [0.25, 0.3) is 0 Å². The Labute approximate surface area is 272 Å². The van der Waals surface area contributed by atoms with Crippen LogP contribution in [0.3, 0.4) is 0 Å². The van der Waals surface area contributed by atoms with Gasteiger partial charge in [-0.15, -0.1) is 0 Å². The van der Waals surface area contributed by atoms with Crippen molar-refractivity contribution >= 4 is 33.2 Å². The largest absolute Gasteiger partial charge is 0.392 e. The van der Waals surface area contributed by atoms with Crippen molar-refractivity contribution in [3.05, 3.63) is 154 Å². The first-order valence-electron chi connectivity index (χ1n) is 14.4. The van der Waals surface area contributed by atoms with E-state index in [-0.39, 0.29) is 29.1 Å². The van der Waals surface area contributed by atoms with Gasteiger partial charge in [0.2, 0.25) is 10.0 Å². The number of aliphatic hydroxyl groups is 1. The van der Waals surface area contributed by atoms with E-state index < -0.39 is 28.5 Å². The Kier molecular flexibility index (Phi) is 9.67. The molecule has 0 bridgehead atoms. The normalized spacial score (nSPS) is 20.2. The number of benzene rings is 4. The van der Waals surface area contributed by atoms with Gasteiger partial charge in [0.05, 0.1) is 36.6 Å². The van der Waals surface area contributed by atoms with E-state index in [1.54, 1.807) is 41.2 Å². The summed E-state index contributed by atoms with van der Waals surface area (Å²) in [7, 11) is -3.65. The van der Waals surface area contributed by atoms with Gasteiger partial charge in [-0.3, -0.25) is 0 Å². The van der Waals surface area contributed by atoms with E-state index in [0.29, 0.717) is 11.7 Å². The van der Waals surface area contributed by atoms with Gasteiger partial charge in [0.15, 0.2) is 11.4 Å². The third-order valence-electron chi connectivity index (χ3n) is 7.85. The van der Waals surface area contributed by atoms with Gasteiger partial charge in [-0.2, -0.15) is 0 Å². The lowest BCUT2D eigenvalue weighted by atomic mass is 9.83. The molecule has 0 aliphatic carbocycles. The summed E-state index contributed by atoms with van der Waals surface area (Å²) in [6, 6.07) is 33.5. The first-order valence-corrected chi connectivity index (χ1v) is 16.6. The molecule has 0 spiro atoms. The summed E-state index contributed by atoms with van der Waals surface area (Å²) in [6.07, 6.45) is 0.0230. The van der Waals surface area contributed by atoms with Crippen LogP contribution in [0.2, 0.25) is 10.3 Å². The molecule has 11 heteroatoms. The van der Waals surface area contributed by atoms with Crippen molar-refractivity contribution < 1.29 is 23.0 Å². The predicted octanol–water partition coefficient (Wildman–Crippen LogP) is 6.80. The van der Waals surface area contributed by atoms with Crippen LogP contribution >= 0.6 is 23.2 Å². The van der Waals surface area contributed by atoms with Crippen LogP contribution in [0.15, 0.2) is 120 Å². The Morgan fingerprint density at radius 1 is 0.778 bits per heavy atom. The van der Waals surface area contributed by atoms with Gasteiger partial charge in [-0.25, -0.2) is 18.1 Å². The maximum Gasteiger partial charge on any atom is 0.240 e. The molecular weight excluding hydrogens is 633 g/mol. The highest BCUT2D eigenvalue weighted by Gasteiger charge is 2.42. The van der Waals surface area contributed by atoms with Crippen molar-refractivity contribution in [2.75, 3.05) is 0 Å². The summed E-state index contributed by atoms with van der Waals surface area (Å²) in [4.78, 5) is 4.36. The lowest BCUT2D eigenvalue weighted by molar-refractivity contribution is -0.263. The molecule has 4 aromatic carbocycles. The highest BCUT2D eigenvalue weighted by Crippen LogP contribution is 2.47. The maximum absolute atomic E-state index is 12.7. The van der Waals surface area contributed by atoms with E-state index >= 15 is 0 Å². The zero-order valence-electron chi connectivity index (χ0n) is 24.0. The molecule has 2 heterocycles. The Bertz CT molecular complexity index is 1820. The van der Waals surface area contributed by atoms with Gasteiger partial charge >= 0.3 is 0 Å². The second-order valence-electron chi connectivity index (χ2n) is 10.8. The minimum absolute atomic E-state index is 0.0595. The maximum atomic E-state index is 12.7. The molecule has 1 fully saturated rings. The zero-order valence-corrected chi connectivity index (χ0v) is 26.4. The second-order valence-corrected chi connectivity index (χ2v) is 13.2. The SMILES string of the molecule is O=S(=O)(NCc1ccc(C2OC(Cn3cnc(Cl)c3Cl)C(c3ccccc3)C(c3ccc(CO)cc3)O2)cc1)c1ccccc1. The Hall–Kier alpha value is -3.54. The second kappa shape index (κ2) is 13.8. The molecular formula is C34H31Cl2N3O5S. The summed E-state index contributed by atoms with van der Waals surface area (Å²) in [6.45, 7) is 0.431. The molecule has 1 saturated heterocycles. The van der Waals surface area contributed by atoms with Crippen molar-refractivity contribution in [1.29, 1.82) is 0 Å². The van der Waals surface area contributed by atoms with E-state index in [1.165, 1.54) is 0 Å². The number of halogens is 2. The van der Waals surface area contributed by atoms with Crippen molar-refractivity contribution in [3.63, 3.8) is 0 Å². The van der Waals surface area contributed by atoms with Gasteiger partial charge in [0.1, 0.15) is 5.15 Å². The quantitative estimate of drug-likeness (QED) is 0.170. The van der Waals surface area contributed by atoms with Gasteiger partial charge in [0.25, 0.3) is 0 Å². The average molecular weight is 665 g/mol. The Morgan fingerprint density at radius 3 is 2.02 bits per heavy atom. The fourth-order valence-electron chi connectivity index (χ4n) is 5.48. The number of aromatic nitrogens is 2. The average Bonchev–Trinajstić information content (AvgIpc) is 3.40. The molecule has 0 amide bonds. The Morgan fingerprint density at radius 2 is 1.40 bits per heavy atom. The van der Waals surface area contributed by atoms with E-state index in [1.807, 2.05) is 78.9 Å². The van der Waals surface area contributed by atoms with E-state index in [2.05, 4.69) is 9.71 Å². The molecule has 8 nitrogen and oxygen atoms in total. The first kappa shape index (κ1) is 31.4. The fourth-order valence-corrected chi connectivity index (χ4v) is 6.84. The number of imidazole rings is 1. The van der Waals surface area contributed by atoms with Crippen molar-refractivity contribution in [1.82, 2.24) is 14.3 Å². The minimum Gasteiger partial charge on any atom is -0.392 e. The zero-order chi connectivity index (χ0) is 31.4. The van der Waals surface area contributed by atoms with E-state index in [0.717, 1.165) is 27.8 Å². The lowest BCUT2D eigenvalue weighted by Gasteiger charge is -2.43. The summed E-state index contributed by atoms with van der Waals surface area (Å²) < 4.78 is 43.2. The summed E-state index contributed by atoms with van der Waals surface area (Å²) >= 11 is 12.7. The first-order chi connectivity index (χ1) is 21.8. The van der Waals surface area contributed by atoms with Crippen LogP contribution in [0.5, 0.6) is 0 Å². The summed E-state index contributed by atoms with van der Waals surface area (Å²) in [5, 5.41) is 10.2. The van der Waals surface area contributed by atoms with Crippen LogP contribution in [-0.4, -0.2) is 29.2 Å². The van der Waals surface area contributed by atoms with Gasteiger partial charge in [-0.1, -0.05) is 120 Å². The topological polar surface area (TPSA) is 103 Å². The van der Waals surface area contributed by atoms with Gasteiger partial charge < -0.3 is 19.1 Å². The minimum atomic E-state index is -3.65. The number of ether oxygens (including phenoxy) is 2. The summed E-state index contributed by atoms with van der Waals surface area (Å²) in [5.41, 5.74) is 4.31. The van der Waals surface area contributed by atoms with Crippen LogP contribution in [0, 0.1) is 0 Å². The standard InChI is InChI=1S/C34H31Cl2N3O5S/c35-32-33(36)39(22-37-32)20-29-30(25-7-3-1-4-8-25)31(26-15-13-24(21-40)14-16-26)44-34(43-29)27-17-11-23(12-18-27)19-38-45(41,42)28-9-5-2-6-10-28/h1-18,22,29-31,34,38,40H,19-21H2. The highest BCUT2D eigenvalue weighted by molar-refractivity contribution is 7.89. The molecule has 0 radical (unpaired) electrons. The van der Waals surface area contributed by atoms with Crippen molar-refractivity contribution in [2.24, 2.45) is 0 Å². The van der Waals surface area contributed by atoms with Crippen LogP contribution in [0.1, 0.15) is 46.1 Å². The molecule has 2 N–H and O–H groups in total. The van der Waals surface area contributed by atoms with Crippen molar-refractivity contribution in [2.45, 2.75) is 49.0 Å². The highest BCUT2D eigenvalue weighted by atomic mass is 35.5. The lowest BCUT2D eigenvalue weighted by Crippen LogP contribution is -2.39. The monoisotopic (exact) mass is 663 g/mol. The molecule has 1 aromatic heterocycles.